The molecule has 5 aliphatic carbocycles. The van der Waals surface area contributed by atoms with Crippen LogP contribution in [0.4, 0.5) is 0 Å². The minimum absolute atomic E-state index is 0.0432. The predicted molar refractivity (Wildman–Crippen MR) is 162 cm³/mol. The van der Waals surface area contributed by atoms with Gasteiger partial charge in [0.15, 0.2) is 0 Å². The molecule has 236 valence electrons. The van der Waals surface area contributed by atoms with Crippen molar-refractivity contribution < 1.29 is 28.6 Å². The van der Waals surface area contributed by atoms with Gasteiger partial charge < -0.3 is 14.2 Å². The van der Waals surface area contributed by atoms with E-state index in [1.807, 2.05) is 0 Å². The summed E-state index contributed by atoms with van der Waals surface area (Å²) in [5.74, 6) is 0.517. The van der Waals surface area contributed by atoms with Gasteiger partial charge in [0.05, 0.1) is 6.61 Å². The smallest absolute Gasteiger partial charge is 0.302 e. The molecule has 4 fully saturated rings. The standard InChI is InChI=1S/C36H56O6/c1-23(37)40-21-33(7)28-12-15-35(9)29(32(28,6)14-13-30(33)42-25(3)39)11-10-26-27-20-31(4,5)16-18-36(27,22-41-24(2)38)19-17-34(26,35)8/h10,27-30H,11-22H2,1-9H3/t27-,28+,29+,30-,32-,33-,34+,35+,36+/m0/s1. The van der Waals surface area contributed by atoms with Crippen molar-refractivity contribution in [3.63, 3.8) is 0 Å². The molecule has 0 N–H and O–H groups in total. The average Bonchev–Trinajstić information content (AvgIpc) is 2.88. The van der Waals surface area contributed by atoms with Crippen molar-refractivity contribution in [2.75, 3.05) is 13.2 Å². The van der Waals surface area contributed by atoms with Crippen molar-refractivity contribution in [2.45, 2.75) is 133 Å². The molecule has 5 rings (SSSR count). The summed E-state index contributed by atoms with van der Waals surface area (Å²) in [6.07, 6.45) is 13.1. The molecule has 0 heterocycles. The second-order valence-electron chi connectivity index (χ2n) is 16.8. The number of allylic oxidation sites excluding steroid dienone is 2. The number of hydrogen-bond acceptors (Lipinski definition) is 6. The van der Waals surface area contributed by atoms with Gasteiger partial charge in [-0.3, -0.25) is 14.4 Å². The zero-order chi connectivity index (χ0) is 30.9. The summed E-state index contributed by atoms with van der Waals surface area (Å²) in [4.78, 5) is 36.1. The minimum atomic E-state index is -0.421. The first-order valence-electron chi connectivity index (χ1n) is 16.6. The average molecular weight is 585 g/mol. The van der Waals surface area contributed by atoms with Crippen molar-refractivity contribution in [3.8, 4) is 0 Å². The number of hydrogen-bond donors (Lipinski definition) is 0. The Labute approximate surface area is 254 Å². The van der Waals surface area contributed by atoms with Crippen molar-refractivity contribution in [1.82, 2.24) is 0 Å². The van der Waals surface area contributed by atoms with Crippen LogP contribution in [0, 0.1) is 50.2 Å². The Balaban J connectivity index is 1.53. The quantitative estimate of drug-likeness (QED) is 0.186. The highest BCUT2D eigenvalue weighted by Gasteiger charge is 2.69. The van der Waals surface area contributed by atoms with Crippen LogP contribution in [0.3, 0.4) is 0 Å². The Bertz CT molecular complexity index is 1160. The van der Waals surface area contributed by atoms with Gasteiger partial charge in [-0.1, -0.05) is 53.2 Å². The minimum Gasteiger partial charge on any atom is -0.465 e. The van der Waals surface area contributed by atoms with Crippen molar-refractivity contribution in [1.29, 1.82) is 0 Å². The summed E-state index contributed by atoms with van der Waals surface area (Å²) >= 11 is 0. The van der Waals surface area contributed by atoms with Crippen molar-refractivity contribution in [3.05, 3.63) is 11.6 Å². The van der Waals surface area contributed by atoms with Crippen LogP contribution in [-0.4, -0.2) is 37.2 Å². The zero-order valence-electron chi connectivity index (χ0n) is 27.8. The molecule has 6 nitrogen and oxygen atoms in total. The number of carbonyl (C=O) groups excluding carboxylic acids is 3. The fourth-order valence-electron chi connectivity index (χ4n) is 11.5. The van der Waals surface area contributed by atoms with E-state index in [1.54, 1.807) is 12.5 Å². The van der Waals surface area contributed by atoms with Crippen LogP contribution in [0.15, 0.2) is 11.6 Å². The first-order chi connectivity index (χ1) is 19.4. The highest BCUT2D eigenvalue weighted by atomic mass is 16.6. The molecular formula is C36H56O6. The third-order valence-electron chi connectivity index (χ3n) is 14.0. The molecule has 9 atom stereocenters. The number of ether oxygens (including phenoxy) is 3. The molecule has 0 aliphatic heterocycles. The summed E-state index contributed by atoms with van der Waals surface area (Å²) in [7, 11) is 0. The van der Waals surface area contributed by atoms with E-state index in [9.17, 15) is 14.4 Å². The van der Waals surface area contributed by atoms with E-state index in [0.717, 1.165) is 57.8 Å². The van der Waals surface area contributed by atoms with Crippen LogP contribution < -0.4 is 0 Å². The van der Waals surface area contributed by atoms with Crippen LogP contribution in [0.5, 0.6) is 0 Å². The Morgan fingerprint density at radius 2 is 1.40 bits per heavy atom. The summed E-state index contributed by atoms with van der Waals surface area (Å²) in [5.41, 5.74) is 1.80. The lowest BCUT2D eigenvalue weighted by atomic mass is 9.33. The molecule has 0 aromatic heterocycles. The summed E-state index contributed by atoms with van der Waals surface area (Å²) in [6.45, 7) is 20.0. The van der Waals surface area contributed by atoms with E-state index in [-0.39, 0.29) is 57.7 Å². The maximum atomic E-state index is 12.2. The highest BCUT2D eigenvalue weighted by molar-refractivity contribution is 5.67. The third-order valence-corrected chi connectivity index (χ3v) is 14.0. The van der Waals surface area contributed by atoms with Crippen LogP contribution >= 0.6 is 0 Å². The topological polar surface area (TPSA) is 78.9 Å². The van der Waals surface area contributed by atoms with Crippen LogP contribution in [0.2, 0.25) is 0 Å². The van der Waals surface area contributed by atoms with E-state index in [1.165, 1.54) is 20.3 Å². The van der Waals surface area contributed by atoms with Crippen molar-refractivity contribution in [2.24, 2.45) is 50.2 Å². The Morgan fingerprint density at radius 1 is 0.762 bits per heavy atom. The molecular weight excluding hydrogens is 528 g/mol. The van der Waals surface area contributed by atoms with E-state index >= 15 is 0 Å². The number of fused-ring (bicyclic) bond motifs is 7. The highest BCUT2D eigenvalue weighted by Crippen LogP contribution is 2.76. The number of rotatable bonds is 5. The molecule has 4 saturated carbocycles. The molecule has 0 bridgehead atoms. The molecule has 0 amide bonds. The summed E-state index contributed by atoms with van der Waals surface area (Å²) in [6, 6.07) is 0. The molecule has 0 aromatic rings. The normalized spacial score (nSPS) is 45.6. The van der Waals surface area contributed by atoms with Gasteiger partial charge in [0.25, 0.3) is 0 Å². The maximum absolute atomic E-state index is 12.2. The van der Waals surface area contributed by atoms with Gasteiger partial charge >= 0.3 is 17.9 Å². The van der Waals surface area contributed by atoms with E-state index < -0.39 is 5.41 Å². The lowest BCUT2D eigenvalue weighted by Gasteiger charge is -2.71. The molecule has 0 saturated heterocycles. The molecule has 5 aliphatic rings. The third kappa shape index (κ3) is 4.76. The Morgan fingerprint density at radius 3 is 2.05 bits per heavy atom. The SMILES string of the molecule is CC(=O)OC[C@]12CCC(C)(C)C[C@H]1C1=CC[C@@H]3[C@@]4(C)CC[C@H](OC(C)=O)[C@@](C)(COC(C)=O)[C@@H]4CC[C@@]3(C)[C@]1(C)CC2. The monoisotopic (exact) mass is 584 g/mol. The fraction of sp³-hybridized carbons (Fsp3) is 0.861. The molecule has 0 unspecified atom stereocenters. The number of carbonyl (C=O) groups is 3. The Kier molecular flexibility index (Phi) is 7.79. The maximum Gasteiger partial charge on any atom is 0.302 e. The second-order valence-corrected chi connectivity index (χ2v) is 16.8. The van der Waals surface area contributed by atoms with E-state index in [0.29, 0.717) is 24.4 Å². The van der Waals surface area contributed by atoms with Gasteiger partial charge in [-0.15, -0.1) is 0 Å². The number of esters is 3. The summed E-state index contributed by atoms with van der Waals surface area (Å²) in [5, 5.41) is 0. The van der Waals surface area contributed by atoms with E-state index in [2.05, 4.69) is 47.6 Å². The first-order valence-corrected chi connectivity index (χ1v) is 16.6. The van der Waals surface area contributed by atoms with Gasteiger partial charge in [-0.25, -0.2) is 0 Å². The lowest BCUT2D eigenvalue weighted by molar-refractivity contribution is -0.226. The predicted octanol–water partition coefficient (Wildman–Crippen LogP) is 7.83. The van der Waals surface area contributed by atoms with Crippen molar-refractivity contribution >= 4 is 17.9 Å². The molecule has 0 aromatic carbocycles. The lowest BCUT2D eigenvalue weighted by Crippen LogP contribution is -2.66. The molecule has 0 radical (unpaired) electrons. The molecule has 42 heavy (non-hydrogen) atoms. The Hall–Kier alpha value is -1.85. The van der Waals surface area contributed by atoms with Gasteiger partial charge in [-0.05, 0) is 104 Å². The van der Waals surface area contributed by atoms with Crippen LogP contribution in [0.25, 0.3) is 0 Å². The largest absolute Gasteiger partial charge is 0.465 e. The zero-order valence-corrected chi connectivity index (χ0v) is 27.8. The van der Waals surface area contributed by atoms with Gasteiger partial charge in [0, 0.05) is 31.6 Å². The van der Waals surface area contributed by atoms with Gasteiger partial charge in [0.2, 0.25) is 0 Å². The van der Waals surface area contributed by atoms with Crippen LogP contribution in [0.1, 0.15) is 127 Å². The van der Waals surface area contributed by atoms with Crippen LogP contribution in [-0.2, 0) is 28.6 Å². The fourth-order valence-corrected chi connectivity index (χ4v) is 11.5. The molecule has 0 spiro atoms. The van der Waals surface area contributed by atoms with Gasteiger partial charge in [-0.2, -0.15) is 0 Å². The first kappa shape index (κ1) is 31.6. The van der Waals surface area contributed by atoms with Gasteiger partial charge in [0.1, 0.15) is 12.7 Å². The molecule has 6 heteroatoms. The summed E-state index contributed by atoms with van der Waals surface area (Å²) < 4.78 is 17.5. The second kappa shape index (κ2) is 10.4. The van der Waals surface area contributed by atoms with E-state index in [4.69, 9.17) is 14.2 Å².